The van der Waals surface area contributed by atoms with Crippen LogP contribution in [0, 0.1) is 0 Å². The summed E-state index contributed by atoms with van der Waals surface area (Å²) >= 11 is 1.35. The lowest BCUT2D eigenvalue weighted by molar-refractivity contribution is -0.115. The van der Waals surface area contributed by atoms with Gasteiger partial charge in [-0.25, -0.2) is 0 Å². The van der Waals surface area contributed by atoms with Crippen LogP contribution < -0.4 is 10.1 Å². The summed E-state index contributed by atoms with van der Waals surface area (Å²) in [6.07, 6.45) is 1.65. The normalized spacial score (nSPS) is 11.6. The highest BCUT2D eigenvalue weighted by Gasteiger charge is 2.25. The molecule has 0 saturated heterocycles. The first kappa shape index (κ1) is 20.7. The topological polar surface area (TPSA) is 69.0 Å². The van der Waals surface area contributed by atoms with Gasteiger partial charge in [0.2, 0.25) is 5.91 Å². The quantitative estimate of drug-likeness (QED) is 0.392. The molecular weight excluding hydrogens is 408 g/mol. The zero-order valence-corrected chi connectivity index (χ0v) is 17.8. The highest BCUT2D eigenvalue weighted by molar-refractivity contribution is 8.00. The maximum absolute atomic E-state index is 13.4. The average molecular weight is 431 g/mol. The number of carbonyl (C=O) groups is 1. The molecule has 0 spiro atoms. The molecule has 0 fully saturated rings. The Hall–Kier alpha value is -3.58. The lowest BCUT2D eigenvalue weighted by Gasteiger charge is -2.18. The third kappa shape index (κ3) is 4.95. The summed E-state index contributed by atoms with van der Waals surface area (Å²) in [5, 5.41) is 11.5. The fourth-order valence-corrected chi connectivity index (χ4v) is 4.16. The number of hydrogen-bond acceptors (Lipinski definition) is 5. The fourth-order valence-electron chi connectivity index (χ4n) is 3.13. The van der Waals surface area contributed by atoms with Gasteiger partial charge in [-0.1, -0.05) is 72.4 Å². The van der Waals surface area contributed by atoms with E-state index < -0.39 is 5.25 Å². The molecule has 0 bridgehead atoms. The molecule has 1 amide bonds. The molecule has 4 rings (SSSR count). The number of nitrogens with one attached hydrogen (secondary N) is 1. The van der Waals surface area contributed by atoms with Crippen molar-refractivity contribution in [2.75, 3.05) is 11.9 Å². The minimum absolute atomic E-state index is 0.161. The number of rotatable bonds is 8. The summed E-state index contributed by atoms with van der Waals surface area (Å²) in [6, 6.07) is 26.9. The third-order valence-corrected chi connectivity index (χ3v) is 5.77. The Morgan fingerprint density at radius 2 is 1.68 bits per heavy atom. The van der Waals surface area contributed by atoms with E-state index in [0.29, 0.717) is 23.2 Å². The zero-order valence-electron chi connectivity index (χ0n) is 17.0. The van der Waals surface area contributed by atoms with Crippen LogP contribution >= 0.6 is 11.8 Å². The Bertz CT molecular complexity index is 1130. The van der Waals surface area contributed by atoms with Crippen LogP contribution in [0.15, 0.2) is 96.4 Å². The van der Waals surface area contributed by atoms with E-state index in [4.69, 9.17) is 4.74 Å². The SMILES string of the molecule is CCOc1ccccc1NC(=O)[C@@H](Sc1nncn1-c1ccccc1)c1ccccc1. The number of hydrogen-bond donors (Lipinski definition) is 1. The first-order valence-corrected chi connectivity index (χ1v) is 10.8. The molecule has 1 aromatic heterocycles. The molecule has 4 aromatic rings. The van der Waals surface area contributed by atoms with Gasteiger partial charge in [0.1, 0.15) is 17.3 Å². The minimum Gasteiger partial charge on any atom is -0.492 e. The van der Waals surface area contributed by atoms with Gasteiger partial charge < -0.3 is 10.1 Å². The van der Waals surface area contributed by atoms with E-state index in [0.717, 1.165) is 11.3 Å². The highest BCUT2D eigenvalue weighted by Crippen LogP contribution is 2.37. The van der Waals surface area contributed by atoms with Crippen molar-refractivity contribution in [1.29, 1.82) is 0 Å². The molecule has 31 heavy (non-hydrogen) atoms. The van der Waals surface area contributed by atoms with Crippen LogP contribution in [0.4, 0.5) is 5.69 Å². The molecule has 1 N–H and O–H groups in total. The van der Waals surface area contributed by atoms with Crippen molar-refractivity contribution in [1.82, 2.24) is 14.8 Å². The Morgan fingerprint density at radius 3 is 2.42 bits per heavy atom. The number of benzene rings is 3. The number of thioether (sulfide) groups is 1. The van der Waals surface area contributed by atoms with Gasteiger partial charge in [0, 0.05) is 5.69 Å². The predicted molar refractivity (Wildman–Crippen MR) is 123 cm³/mol. The van der Waals surface area contributed by atoms with E-state index in [1.807, 2.05) is 96.4 Å². The summed E-state index contributed by atoms with van der Waals surface area (Å²) in [7, 11) is 0. The Morgan fingerprint density at radius 1 is 1.00 bits per heavy atom. The van der Waals surface area contributed by atoms with Gasteiger partial charge in [0.05, 0.1) is 12.3 Å². The van der Waals surface area contributed by atoms with Crippen LogP contribution in [0.2, 0.25) is 0 Å². The van der Waals surface area contributed by atoms with Crippen LogP contribution in [-0.4, -0.2) is 27.3 Å². The number of ether oxygens (including phenoxy) is 1. The summed E-state index contributed by atoms with van der Waals surface area (Å²) in [4.78, 5) is 13.4. The van der Waals surface area contributed by atoms with Crippen molar-refractivity contribution in [2.45, 2.75) is 17.3 Å². The van der Waals surface area contributed by atoms with Crippen molar-refractivity contribution in [2.24, 2.45) is 0 Å². The standard InChI is InChI=1S/C24H22N4O2S/c1-2-30-21-16-10-9-15-20(21)26-23(29)22(18-11-5-3-6-12-18)31-24-27-25-17-28(24)19-13-7-4-8-14-19/h3-17,22H,2H2,1H3,(H,26,29)/t22-/m0/s1. The molecule has 7 heteroatoms. The van der Waals surface area contributed by atoms with Crippen LogP contribution in [-0.2, 0) is 4.79 Å². The Balaban J connectivity index is 1.64. The first-order chi connectivity index (χ1) is 15.3. The molecule has 0 aliphatic heterocycles. The second-order valence-corrected chi connectivity index (χ2v) is 7.72. The highest BCUT2D eigenvalue weighted by atomic mass is 32.2. The summed E-state index contributed by atoms with van der Waals surface area (Å²) in [6.45, 7) is 2.43. The maximum atomic E-state index is 13.4. The van der Waals surface area contributed by atoms with Gasteiger partial charge in [-0.15, -0.1) is 10.2 Å². The van der Waals surface area contributed by atoms with E-state index in [1.54, 1.807) is 6.33 Å². The number of aromatic nitrogens is 3. The number of nitrogens with zero attached hydrogens (tertiary/aromatic N) is 3. The molecule has 0 aliphatic rings. The first-order valence-electron chi connectivity index (χ1n) is 9.96. The molecule has 0 saturated carbocycles. The summed E-state index contributed by atoms with van der Waals surface area (Å²) in [5.74, 6) is 0.480. The molecule has 0 radical (unpaired) electrons. The van der Waals surface area contributed by atoms with Gasteiger partial charge in [-0.3, -0.25) is 9.36 Å². The monoisotopic (exact) mass is 430 g/mol. The number of amides is 1. The van der Waals surface area contributed by atoms with Gasteiger partial charge in [0.25, 0.3) is 0 Å². The van der Waals surface area contributed by atoms with E-state index in [9.17, 15) is 4.79 Å². The molecular formula is C24H22N4O2S. The van der Waals surface area contributed by atoms with Crippen molar-refractivity contribution in [3.05, 3.63) is 96.8 Å². The molecule has 1 atom stereocenters. The minimum atomic E-state index is -0.525. The largest absolute Gasteiger partial charge is 0.492 e. The van der Waals surface area contributed by atoms with Crippen molar-refractivity contribution in [3.8, 4) is 11.4 Å². The molecule has 0 aliphatic carbocycles. The molecule has 156 valence electrons. The van der Waals surface area contributed by atoms with Gasteiger partial charge in [-0.2, -0.15) is 0 Å². The second-order valence-electron chi connectivity index (χ2n) is 6.65. The number of anilines is 1. The lowest BCUT2D eigenvalue weighted by Crippen LogP contribution is -2.20. The molecule has 0 unspecified atom stereocenters. The van der Waals surface area contributed by atoms with Crippen molar-refractivity contribution < 1.29 is 9.53 Å². The van der Waals surface area contributed by atoms with E-state index in [-0.39, 0.29) is 5.91 Å². The Kier molecular flexibility index (Phi) is 6.64. The summed E-state index contributed by atoms with van der Waals surface area (Å²) in [5.41, 5.74) is 2.45. The van der Waals surface area contributed by atoms with Crippen molar-refractivity contribution >= 4 is 23.4 Å². The molecule has 6 nitrogen and oxygen atoms in total. The van der Waals surface area contributed by atoms with Gasteiger partial charge in [0.15, 0.2) is 5.16 Å². The van der Waals surface area contributed by atoms with Gasteiger partial charge >= 0.3 is 0 Å². The summed E-state index contributed by atoms with van der Waals surface area (Å²) < 4.78 is 7.54. The van der Waals surface area contributed by atoms with Crippen LogP contribution in [0.3, 0.4) is 0 Å². The number of carbonyl (C=O) groups excluding carboxylic acids is 1. The van der Waals surface area contributed by atoms with Crippen LogP contribution in [0.25, 0.3) is 5.69 Å². The fraction of sp³-hybridized carbons (Fsp3) is 0.125. The van der Waals surface area contributed by atoms with E-state index in [2.05, 4.69) is 15.5 Å². The van der Waals surface area contributed by atoms with E-state index >= 15 is 0 Å². The van der Waals surface area contributed by atoms with Crippen molar-refractivity contribution in [3.63, 3.8) is 0 Å². The maximum Gasteiger partial charge on any atom is 0.242 e. The average Bonchev–Trinajstić information content (AvgIpc) is 3.28. The van der Waals surface area contributed by atoms with Crippen LogP contribution in [0.1, 0.15) is 17.7 Å². The lowest BCUT2D eigenvalue weighted by atomic mass is 10.1. The number of para-hydroxylation sites is 3. The zero-order chi connectivity index (χ0) is 21.5. The predicted octanol–water partition coefficient (Wildman–Crippen LogP) is 5.14. The van der Waals surface area contributed by atoms with E-state index in [1.165, 1.54) is 11.8 Å². The third-order valence-electron chi connectivity index (χ3n) is 4.56. The molecule has 1 heterocycles. The molecule has 3 aromatic carbocycles. The Labute approximate surface area is 185 Å². The van der Waals surface area contributed by atoms with Gasteiger partial charge in [-0.05, 0) is 36.8 Å². The second kappa shape index (κ2) is 9.95. The van der Waals surface area contributed by atoms with Crippen LogP contribution in [0.5, 0.6) is 5.75 Å². The smallest absolute Gasteiger partial charge is 0.242 e.